The Labute approximate surface area is 201 Å². The van der Waals surface area contributed by atoms with Crippen LogP contribution in [0.25, 0.3) is 0 Å². The predicted molar refractivity (Wildman–Crippen MR) is 135 cm³/mol. The van der Waals surface area contributed by atoms with Crippen molar-refractivity contribution in [2.24, 2.45) is 0 Å². The Morgan fingerprint density at radius 1 is 0.688 bits per heavy atom. The molecule has 9 heteroatoms. The molecule has 0 aliphatic rings. The molecule has 0 spiro atoms. The molecule has 0 aromatic rings. The number of phosphoric acid groups is 1. The van der Waals surface area contributed by atoms with Gasteiger partial charge in [0.15, 0.2) is 0 Å². The van der Waals surface area contributed by atoms with Crippen molar-refractivity contribution < 1.29 is 33.8 Å². The van der Waals surface area contributed by atoms with Crippen molar-refractivity contribution in [3.8, 4) is 0 Å². The van der Waals surface area contributed by atoms with Crippen LogP contribution in [0.5, 0.6) is 0 Å². The second-order valence-electron chi connectivity index (χ2n) is 8.10. The first kappa shape index (κ1) is 34.5. The summed E-state index contributed by atoms with van der Waals surface area (Å²) >= 11 is 1.84. The average Bonchev–Trinajstić information content (AvgIpc) is 2.72. The van der Waals surface area contributed by atoms with Crippen molar-refractivity contribution in [3.05, 3.63) is 0 Å². The van der Waals surface area contributed by atoms with E-state index in [4.69, 9.17) is 28.7 Å². The van der Waals surface area contributed by atoms with Crippen LogP contribution in [0.3, 0.4) is 0 Å². The summed E-state index contributed by atoms with van der Waals surface area (Å²) in [7, 11) is -4.64. The SMILES string of the molecule is CCCCCCCCCCCCCCCCSCC(CO)(OCC)OCC.O=P(O)(O)O. The molecule has 196 valence electrons. The smallest absolute Gasteiger partial charge is 0.391 e. The number of unbranched alkanes of at least 4 members (excludes halogenated alkanes) is 13. The Morgan fingerprint density at radius 2 is 1.03 bits per heavy atom. The van der Waals surface area contributed by atoms with Crippen LogP contribution >= 0.6 is 19.6 Å². The van der Waals surface area contributed by atoms with Gasteiger partial charge in [-0.3, -0.25) is 0 Å². The van der Waals surface area contributed by atoms with Gasteiger partial charge in [0.2, 0.25) is 5.79 Å². The number of thioether (sulfide) groups is 1. The number of ether oxygens (including phenoxy) is 2. The molecule has 0 aliphatic carbocycles. The fraction of sp³-hybridized carbons (Fsp3) is 1.00. The maximum absolute atomic E-state index is 9.60. The van der Waals surface area contributed by atoms with Crippen molar-refractivity contribution in [2.75, 3.05) is 31.3 Å². The average molecular weight is 503 g/mol. The molecule has 0 aliphatic heterocycles. The van der Waals surface area contributed by atoms with E-state index in [0.717, 1.165) is 5.75 Å². The zero-order valence-corrected chi connectivity index (χ0v) is 22.5. The lowest BCUT2D eigenvalue weighted by Gasteiger charge is -2.31. The lowest BCUT2D eigenvalue weighted by atomic mass is 10.0. The molecule has 0 fully saturated rings. The molecule has 0 rings (SSSR count). The van der Waals surface area contributed by atoms with Crippen LogP contribution in [-0.2, 0) is 14.0 Å². The van der Waals surface area contributed by atoms with Gasteiger partial charge in [-0.25, -0.2) is 4.57 Å². The predicted octanol–water partition coefficient (Wildman–Crippen LogP) is 6.03. The van der Waals surface area contributed by atoms with Crippen LogP contribution in [-0.4, -0.2) is 56.9 Å². The molecule has 32 heavy (non-hydrogen) atoms. The van der Waals surface area contributed by atoms with E-state index in [9.17, 15) is 5.11 Å². The molecule has 4 N–H and O–H groups in total. The van der Waals surface area contributed by atoms with E-state index < -0.39 is 13.6 Å². The zero-order valence-electron chi connectivity index (χ0n) is 20.8. The van der Waals surface area contributed by atoms with E-state index in [0.29, 0.717) is 19.0 Å². The summed E-state index contributed by atoms with van der Waals surface area (Å²) in [5.74, 6) is 1.04. The summed E-state index contributed by atoms with van der Waals surface area (Å²) < 4.78 is 20.2. The molecule has 0 saturated carbocycles. The monoisotopic (exact) mass is 502 g/mol. The summed E-state index contributed by atoms with van der Waals surface area (Å²) in [6, 6.07) is 0. The van der Waals surface area contributed by atoms with Gasteiger partial charge in [0.1, 0.15) is 0 Å². The lowest BCUT2D eigenvalue weighted by molar-refractivity contribution is -0.235. The van der Waals surface area contributed by atoms with E-state index in [-0.39, 0.29) is 6.61 Å². The molecule has 0 aromatic carbocycles. The Bertz CT molecular complexity index is 407. The summed E-state index contributed by atoms with van der Waals surface area (Å²) in [5.41, 5.74) is 0. The molecule has 0 heterocycles. The second kappa shape index (κ2) is 24.5. The first-order valence-electron chi connectivity index (χ1n) is 12.5. The topological polar surface area (TPSA) is 116 Å². The third kappa shape index (κ3) is 28.4. The summed E-state index contributed by atoms with van der Waals surface area (Å²) in [4.78, 5) is 21.6. The quantitative estimate of drug-likeness (QED) is 0.0805. The normalized spacial score (nSPS) is 12.0. The van der Waals surface area contributed by atoms with Crippen LogP contribution in [0, 0.1) is 0 Å². The Morgan fingerprint density at radius 3 is 1.34 bits per heavy atom. The molecule has 7 nitrogen and oxygen atoms in total. The molecular weight excluding hydrogens is 451 g/mol. The van der Waals surface area contributed by atoms with Gasteiger partial charge in [0, 0.05) is 13.2 Å². The summed E-state index contributed by atoms with van der Waals surface area (Å²) in [5, 5.41) is 9.60. The van der Waals surface area contributed by atoms with Gasteiger partial charge in [0.25, 0.3) is 0 Å². The fourth-order valence-corrected chi connectivity index (χ4v) is 4.54. The van der Waals surface area contributed by atoms with Gasteiger partial charge in [-0.05, 0) is 26.0 Å². The number of aliphatic hydroxyl groups excluding tert-OH is 1. The van der Waals surface area contributed by atoms with E-state index in [1.54, 1.807) is 0 Å². The first-order chi connectivity index (χ1) is 15.2. The largest absolute Gasteiger partial charge is 0.466 e. The van der Waals surface area contributed by atoms with E-state index >= 15 is 0 Å². The molecular formula is C23H51O7PS. The maximum atomic E-state index is 9.60. The minimum Gasteiger partial charge on any atom is -0.391 e. The highest BCUT2D eigenvalue weighted by Gasteiger charge is 2.30. The van der Waals surface area contributed by atoms with Crippen molar-refractivity contribution >= 4 is 19.6 Å². The highest BCUT2D eigenvalue weighted by Crippen LogP contribution is 2.26. The van der Waals surface area contributed by atoms with Gasteiger partial charge in [-0.15, -0.1) is 0 Å². The Balaban J connectivity index is 0. The van der Waals surface area contributed by atoms with Gasteiger partial charge in [-0.1, -0.05) is 90.4 Å². The summed E-state index contributed by atoms with van der Waals surface area (Å²) in [6.45, 7) is 7.25. The van der Waals surface area contributed by atoms with E-state index in [2.05, 4.69) is 6.92 Å². The van der Waals surface area contributed by atoms with Crippen LogP contribution < -0.4 is 0 Å². The fourth-order valence-electron chi connectivity index (χ4n) is 3.41. The highest BCUT2D eigenvalue weighted by molar-refractivity contribution is 7.99. The minimum absolute atomic E-state index is 0.0690. The molecule has 0 aromatic heterocycles. The third-order valence-electron chi connectivity index (χ3n) is 5.02. The minimum atomic E-state index is -4.64. The molecule has 0 bridgehead atoms. The number of hydrogen-bond donors (Lipinski definition) is 4. The Hall–Kier alpha value is 0.340. The highest BCUT2D eigenvalue weighted by atomic mass is 32.2. The van der Waals surface area contributed by atoms with Crippen LogP contribution in [0.2, 0.25) is 0 Å². The molecule has 0 atom stereocenters. The lowest BCUT2D eigenvalue weighted by Crippen LogP contribution is -2.43. The zero-order chi connectivity index (χ0) is 24.6. The van der Waals surface area contributed by atoms with Crippen molar-refractivity contribution in [1.82, 2.24) is 0 Å². The Kier molecular flexibility index (Phi) is 26.4. The van der Waals surface area contributed by atoms with Gasteiger partial charge in [0.05, 0.1) is 12.4 Å². The first-order valence-corrected chi connectivity index (χ1v) is 15.2. The van der Waals surface area contributed by atoms with Gasteiger partial charge >= 0.3 is 7.82 Å². The van der Waals surface area contributed by atoms with E-state index in [1.807, 2.05) is 25.6 Å². The third-order valence-corrected chi connectivity index (χ3v) is 6.24. The van der Waals surface area contributed by atoms with Gasteiger partial charge in [-0.2, -0.15) is 11.8 Å². The second-order valence-corrected chi connectivity index (χ2v) is 10.2. The summed E-state index contributed by atoms with van der Waals surface area (Å²) in [6.07, 6.45) is 19.6. The molecule has 0 amide bonds. The van der Waals surface area contributed by atoms with Crippen molar-refractivity contribution in [2.45, 2.75) is 116 Å². The van der Waals surface area contributed by atoms with E-state index in [1.165, 1.54) is 89.9 Å². The number of hydrogen-bond acceptors (Lipinski definition) is 5. The van der Waals surface area contributed by atoms with Crippen molar-refractivity contribution in [3.63, 3.8) is 0 Å². The standard InChI is InChI=1S/C23H48O3S.H3O4P/c1-4-7-8-9-10-11-12-13-14-15-16-17-18-19-20-27-22-23(21-24,25-5-2)26-6-3;1-5(2,3)4/h24H,4-22H2,1-3H3;(H3,1,2,3,4). The van der Waals surface area contributed by atoms with Crippen LogP contribution in [0.1, 0.15) is 111 Å². The molecule has 0 saturated heterocycles. The van der Waals surface area contributed by atoms with Crippen LogP contribution in [0.4, 0.5) is 0 Å². The number of aliphatic hydroxyl groups is 1. The van der Waals surface area contributed by atoms with Crippen LogP contribution in [0.15, 0.2) is 0 Å². The molecule has 0 unspecified atom stereocenters. The number of rotatable bonds is 22. The maximum Gasteiger partial charge on any atom is 0.466 e. The van der Waals surface area contributed by atoms with Crippen molar-refractivity contribution in [1.29, 1.82) is 0 Å². The molecule has 0 radical (unpaired) electrons. The van der Waals surface area contributed by atoms with Gasteiger partial charge < -0.3 is 29.3 Å².